The first kappa shape index (κ1) is 26.0. The fourth-order valence-electron chi connectivity index (χ4n) is 4.04. The summed E-state index contributed by atoms with van der Waals surface area (Å²) in [5, 5.41) is 12.6. The van der Waals surface area contributed by atoms with Gasteiger partial charge in [0.15, 0.2) is 12.6 Å². The largest absolute Gasteiger partial charge is 0.439 e. The van der Waals surface area contributed by atoms with Crippen molar-refractivity contribution >= 4 is 20.1 Å². The lowest BCUT2D eigenvalue weighted by Crippen LogP contribution is -2.42. The molecule has 186 valence electrons. The first-order valence-electron chi connectivity index (χ1n) is 12.0. The Hall–Kier alpha value is -2.59. The molecule has 1 aliphatic rings. The van der Waals surface area contributed by atoms with Gasteiger partial charge in [0, 0.05) is 27.0 Å². The molecule has 1 fully saturated rings. The lowest BCUT2D eigenvalue weighted by Gasteiger charge is -2.24. The normalized spacial score (nSPS) is 19.5. The Morgan fingerprint density at radius 2 is 1.91 bits per heavy atom. The van der Waals surface area contributed by atoms with Crippen molar-refractivity contribution in [3.05, 3.63) is 41.7 Å². The van der Waals surface area contributed by atoms with Crippen molar-refractivity contribution in [2.24, 2.45) is 11.8 Å². The molecule has 3 atom stereocenters. The lowest BCUT2D eigenvalue weighted by atomic mass is 9.91. The standard InChI is InChI=1S/C24H37N5O4Si/c1-17(2)14-20(15-21-25-27-28(26-21)16-32-12-13-34(4,5)6)23(30)29-18(3)22(33-24(29)31)19-10-8-7-9-11-19/h7-11,17-18,20,22H,12-16H2,1-6H3/t18-,20?,22-/m1/s1. The zero-order valence-corrected chi connectivity index (χ0v) is 22.1. The molecule has 1 aromatic heterocycles. The first-order chi connectivity index (χ1) is 16.0. The second kappa shape index (κ2) is 11.2. The van der Waals surface area contributed by atoms with Gasteiger partial charge in [-0.05, 0) is 36.1 Å². The van der Waals surface area contributed by atoms with Crippen LogP contribution < -0.4 is 0 Å². The number of aromatic nitrogens is 4. The van der Waals surface area contributed by atoms with E-state index in [4.69, 9.17) is 9.47 Å². The van der Waals surface area contributed by atoms with Gasteiger partial charge in [-0.15, -0.1) is 15.0 Å². The second-order valence-corrected chi connectivity index (χ2v) is 16.2. The fourth-order valence-corrected chi connectivity index (χ4v) is 4.80. The van der Waals surface area contributed by atoms with Gasteiger partial charge >= 0.3 is 6.09 Å². The topological polar surface area (TPSA) is 99.4 Å². The predicted molar refractivity (Wildman–Crippen MR) is 131 cm³/mol. The Balaban J connectivity index is 1.66. The van der Waals surface area contributed by atoms with E-state index >= 15 is 0 Å². The van der Waals surface area contributed by atoms with E-state index in [-0.39, 0.29) is 18.6 Å². The number of carbonyl (C=O) groups excluding carboxylic acids is 2. The number of amides is 2. The summed E-state index contributed by atoms with van der Waals surface area (Å²) in [7, 11) is -1.16. The minimum Gasteiger partial charge on any atom is -0.439 e. The third kappa shape index (κ3) is 6.96. The van der Waals surface area contributed by atoms with Crippen molar-refractivity contribution in [2.75, 3.05) is 6.61 Å². The van der Waals surface area contributed by atoms with Crippen molar-refractivity contribution in [3.63, 3.8) is 0 Å². The fraction of sp³-hybridized carbons (Fsp3) is 0.625. The van der Waals surface area contributed by atoms with Gasteiger partial charge in [0.05, 0.1) is 6.04 Å². The molecular formula is C24H37N5O4Si. The molecule has 0 spiro atoms. The van der Waals surface area contributed by atoms with Crippen LogP contribution in [-0.4, -0.2) is 57.8 Å². The number of imide groups is 1. The van der Waals surface area contributed by atoms with Crippen LogP contribution in [0.4, 0.5) is 4.79 Å². The van der Waals surface area contributed by atoms with Crippen molar-refractivity contribution in [1.82, 2.24) is 25.1 Å². The predicted octanol–water partition coefficient (Wildman–Crippen LogP) is 4.30. The zero-order chi connectivity index (χ0) is 24.9. The molecule has 10 heteroatoms. The minimum atomic E-state index is -1.16. The molecule has 2 heterocycles. The van der Waals surface area contributed by atoms with Gasteiger partial charge in [-0.25, -0.2) is 9.69 Å². The van der Waals surface area contributed by atoms with Crippen molar-refractivity contribution in [2.45, 2.75) is 78.2 Å². The Bertz CT molecular complexity index is 960. The average Bonchev–Trinajstić information content (AvgIpc) is 3.33. The van der Waals surface area contributed by atoms with E-state index in [1.165, 1.54) is 9.70 Å². The molecule has 0 radical (unpaired) electrons. The molecule has 1 aliphatic heterocycles. The summed E-state index contributed by atoms with van der Waals surface area (Å²) < 4.78 is 11.3. The minimum absolute atomic E-state index is 0.231. The zero-order valence-electron chi connectivity index (χ0n) is 21.1. The van der Waals surface area contributed by atoms with Gasteiger partial charge in [0.25, 0.3) is 0 Å². The number of hydrogen-bond donors (Lipinski definition) is 0. The van der Waals surface area contributed by atoms with Crippen LogP contribution in [0, 0.1) is 11.8 Å². The van der Waals surface area contributed by atoms with Gasteiger partial charge < -0.3 is 9.47 Å². The first-order valence-corrected chi connectivity index (χ1v) is 15.7. The van der Waals surface area contributed by atoms with Gasteiger partial charge in [-0.2, -0.15) is 0 Å². The highest BCUT2D eigenvalue weighted by molar-refractivity contribution is 6.76. The number of rotatable bonds is 11. The summed E-state index contributed by atoms with van der Waals surface area (Å²) in [6, 6.07) is 10.2. The van der Waals surface area contributed by atoms with Crippen molar-refractivity contribution in [3.8, 4) is 0 Å². The van der Waals surface area contributed by atoms with Crippen LogP contribution in [0.5, 0.6) is 0 Å². The van der Waals surface area contributed by atoms with E-state index in [0.717, 1.165) is 11.6 Å². The van der Waals surface area contributed by atoms with E-state index in [2.05, 4.69) is 48.9 Å². The average molecular weight is 488 g/mol. The summed E-state index contributed by atoms with van der Waals surface area (Å²) in [6.07, 6.45) is -0.178. The van der Waals surface area contributed by atoms with Crippen molar-refractivity contribution < 1.29 is 19.1 Å². The highest BCUT2D eigenvalue weighted by atomic mass is 28.3. The van der Waals surface area contributed by atoms with E-state index in [9.17, 15) is 9.59 Å². The molecule has 0 saturated carbocycles. The lowest BCUT2D eigenvalue weighted by molar-refractivity contribution is -0.134. The molecule has 1 aromatic carbocycles. The monoisotopic (exact) mass is 487 g/mol. The maximum atomic E-state index is 13.5. The highest BCUT2D eigenvalue weighted by Gasteiger charge is 2.45. The Kier molecular flexibility index (Phi) is 8.59. The second-order valence-electron chi connectivity index (χ2n) is 10.6. The summed E-state index contributed by atoms with van der Waals surface area (Å²) in [4.78, 5) is 28.9. The smallest absolute Gasteiger partial charge is 0.417 e. The van der Waals surface area contributed by atoms with Crippen LogP contribution in [0.3, 0.4) is 0 Å². The summed E-state index contributed by atoms with van der Waals surface area (Å²) in [5.74, 6) is 0.0164. The molecule has 3 rings (SSSR count). The quantitative estimate of drug-likeness (QED) is 0.344. The maximum Gasteiger partial charge on any atom is 0.417 e. The van der Waals surface area contributed by atoms with E-state index in [1.54, 1.807) is 0 Å². The number of nitrogens with zero attached hydrogens (tertiary/aromatic N) is 5. The highest BCUT2D eigenvalue weighted by Crippen LogP contribution is 2.34. The Morgan fingerprint density at radius 1 is 1.21 bits per heavy atom. The van der Waals surface area contributed by atoms with Crippen molar-refractivity contribution in [1.29, 1.82) is 0 Å². The summed E-state index contributed by atoms with van der Waals surface area (Å²) in [5.41, 5.74) is 0.873. The van der Waals surface area contributed by atoms with Gasteiger partial charge in [0.1, 0.15) is 6.10 Å². The number of ether oxygens (including phenoxy) is 2. The Morgan fingerprint density at radius 3 is 2.56 bits per heavy atom. The molecular weight excluding hydrogens is 450 g/mol. The number of benzene rings is 1. The van der Waals surface area contributed by atoms with E-state index < -0.39 is 32.2 Å². The SMILES string of the molecule is CC(C)CC(Cc1nnn(COCC[Si](C)(C)C)n1)C(=O)N1C(=O)O[C@@H](c2ccccc2)[C@H]1C. The molecule has 2 amide bonds. The van der Waals surface area contributed by atoms with Gasteiger partial charge in [-0.3, -0.25) is 4.79 Å². The maximum absolute atomic E-state index is 13.5. The number of cyclic esters (lactones) is 1. The number of tetrazole rings is 1. The molecule has 34 heavy (non-hydrogen) atoms. The van der Waals surface area contributed by atoms with Gasteiger partial charge in [-0.1, -0.05) is 63.8 Å². The van der Waals surface area contributed by atoms with Crippen LogP contribution in [0.25, 0.3) is 0 Å². The third-order valence-electron chi connectivity index (χ3n) is 5.87. The van der Waals surface area contributed by atoms with E-state index in [1.807, 2.05) is 37.3 Å². The summed E-state index contributed by atoms with van der Waals surface area (Å²) >= 11 is 0. The molecule has 1 saturated heterocycles. The third-order valence-corrected chi connectivity index (χ3v) is 7.57. The molecule has 0 aliphatic carbocycles. The Labute approximate surface area is 202 Å². The molecule has 0 N–H and O–H groups in total. The van der Waals surface area contributed by atoms with E-state index in [0.29, 0.717) is 25.3 Å². The summed E-state index contributed by atoms with van der Waals surface area (Å²) in [6.45, 7) is 13.7. The van der Waals surface area contributed by atoms with Crippen LogP contribution in [-0.2, 0) is 27.4 Å². The molecule has 9 nitrogen and oxygen atoms in total. The van der Waals surface area contributed by atoms with Gasteiger partial charge in [0.2, 0.25) is 5.91 Å². The van der Waals surface area contributed by atoms with Crippen LogP contribution >= 0.6 is 0 Å². The molecule has 2 aromatic rings. The van der Waals surface area contributed by atoms with Crippen LogP contribution in [0.15, 0.2) is 30.3 Å². The molecule has 0 bridgehead atoms. The number of hydrogen-bond acceptors (Lipinski definition) is 7. The van der Waals surface area contributed by atoms with Crippen LogP contribution in [0.2, 0.25) is 25.7 Å². The molecule has 1 unspecified atom stereocenters. The number of carbonyl (C=O) groups is 2. The van der Waals surface area contributed by atoms with Crippen LogP contribution in [0.1, 0.15) is 44.7 Å².